The maximum atomic E-state index is 10.6. The normalized spacial score (nSPS) is 30.8. The first-order chi connectivity index (χ1) is 7.27. The Kier molecular flexibility index (Phi) is 2.75. The van der Waals surface area contributed by atoms with Crippen molar-refractivity contribution in [1.82, 2.24) is 0 Å². The Bertz CT molecular complexity index is 368. The van der Waals surface area contributed by atoms with Crippen LogP contribution in [0.3, 0.4) is 0 Å². The van der Waals surface area contributed by atoms with Gasteiger partial charge in [-0.25, -0.2) is 0 Å². The maximum Gasteiger partial charge on any atom is 0.105 e. The summed E-state index contributed by atoms with van der Waals surface area (Å²) in [6.07, 6.45) is 3.56. The predicted octanol–water partition coefficient (Wildman–Crippen LogP) is 2.59. The number of rotatable bonds is 1. The molecule has 0 aromatic heterocycles. The minimum atomic E-state index is -0.922. The zero-order chi connectivity index (χ0) is 10.7. The molecule has 0 amide bonds. The molecule has 1 aliphatic carbocycles. The molecule has 2 heteroatoms. The molecule has 2 nitrogen and oxygen atoms in total. The van der Waals surface area contributed by atoms with Crippen LogP contribution in [0.1, 0.15) is 31.2 Å². The first kappa shape index (κ1) is 10.2. The Hall–Kier alpha value is -1.33. The smallest absolute Gasteiger partial charge is 0.105 e. The van der Waals surface area contributed by atoms with Crippen molar-refractivity contribution in [2.75, 3.05) is 0 Å². The van der Waals surface area contributed by atoms with Gasteiger partial charge in [0.25, 0.3) is 0 Å². The summed E-state index contributed by atoms with van der Waals surface area (Å²) in [7, 11) is 0. The van der Waals surface area contributed by atoms with E-state index in [9.17, 15) is 5.11 Å². The minimum absolute atomic E-state index is 0.256. The SMILES string of the molecule is N#CC1CCCCC1(O)c1ccccc1. The van der Waals surface area contributed by atoms with E-state index in [1.807, 2.05) is 30.3 Å². The van der Waals surface area contributed by atoms with E-state index in [0.29, 0.717) is 6.42 Å². The van der Waals surface area contributed by atoms with E-state index < -0.39 is 5.60 Å². The Morgan fingerprint density at radius 2 is 2.00 bits per heavy atom. The molecule has 0 aliphatic heterocycles. The number of hydrogen-bond acceptors (Lipinski definition) is 2. The van der Waals surface area contributed by atoms with Crippen LogP contribution in [0.25, 0.3) is 0 Å². The van der Waals surface area contributed by atoms with Crippen LogP contribution in [0.4, 0.5) is 0 Å². The molecule has 0 spiro atoms. The van der Waals surface area contributed by atoms with Crippen molar-refractivity contribution >= 4 is 0 Å². The molecule has 2 atom stereocenters. The summed E-state index contributed by atoms with van der Waals surface area (Å²) in [5.41, 5.74) is -0.0369. The van der Waals surface area contributed by atoms with E-state index in [4.69, 9.17) is 5.26 Å². The highest BCUT2D eigenvalue weighted by Crippen LogP contribution is 2.41. The van der Waals surface area contributed by atoms with Gasteiger partial charge in [-0.05, 0) is 18.4 Å². The van der Waals surface area contributed by atoms with Crippen LogP contribution in [0.2, 0.25) is 0 Å². The van der Waals surface area contributed by atoms with Crippen molar-refractivity contribution in [3.05, 3.63) is 35.9 Å². The molecule has 0 saturated heterocycles. The van der Waals surface area contributed by atoms with Crippen molar-refractivity contribution in [2.45, 2.75) is 31.3 Å². The fourth-order valence-corrected chi connectivity index (χ4v) is 2.40. The van der Waals surface area contributed by atoms with Crippen LogP contribution in [0.15, 0.2) is 30.3 Å². The zero-order valence-electron chi connectivity index (χ0n) is 8.69. The molecule has 1 fully saturated rings. The van der Waals surface area contributed by atoms with Crippen LogP contribution in [0.5, 0.6) is 0 Å². The summed E-state index contributed by atoms with van der Waals surface area (Å²) in [5.74, 6) is -0.256. The monoisotopic (exact) mass is 201 g/mol. The van der Waals surface area contributed by atoms with Crippen LogP contribution in [-0.4, -0.2) is 5.11 Å². The molecule has 0 radical (unpaired) electrons. The third kappa shape index (κ3) is 1.75. The van der Waals surface area contributed by atoms with E-state index in [1.54, 1.807) is 0 Å². The number of hydrogen-bond donors (Lipinski definition) is 1. The molecule has 2 rings (SSSR count). The lowest BCUT2D eigenvalue weighted by molar-refractivity contribution is -0.0324. The van der Waals surface area contributed by atoms with Gasteiger partial charge in [-0.2, -0.15) is 5.26 Å². The molecular weight excluding hydrogens is 186 g/mol. The van der Waals surface area contributed by atoms with E-state index in [-0.39, 0.29) is 5.92 Å². The lowest BCUT2D eigenvalue weighted by Gasteiger charge is -2.36. The molecule has 1 saturated carbocycles. The highest BCUT2D eigenvalue weighted by atomic mass is 16.3. The summed E-state index contributed by atoms with van der Waals surface area (Å²) in [4.78, 5) is 0. The van der Waals surface area contributed by atoms with Gasteiger partial charge in [-0.15, -0.1) is 0 Å². The minimum Gasteiger partial charge on any atom is -0.384 e. The molecular formula is C13H15NO. The Labute approximate surface area is 90.2 Å². The van der Waals surface area contributed by atoms with Gasteiger partial charge >= 0.3 is 0 Å². The van der Waals surface area contributed by atoms with Gasteiger partial charge in [-0.3, -0.25) is 0 Å². The lowest BCUT2D eigenvalue weighted by Crippen LogP contribution is -2.37. The van der Waals surface area contributed by atoms with Gasteiger partial charge in [0.15, 0.2) is 0 Å². The highest BCUT2D eigenvalue weighted by Gasteiger charge is 2.40. The van der Waals surface area contributed by atoms with E-state index >= 15 is 0 Å². The topological polar surface area (TPSA) is 44.0 Å². The molecule has 1 aromatic carbocycles. The van der Waals surface area contributed by atoms with Gasteiger partial charge in [0.05, 0.1) is 12.0 Å². The third-order valence-corrected chi connectivity index (χ3v) is 3.31. The second kappa shape index (κ2) is 4.04. The molecule has 0 bridgehead atoms. The summed E-state index contributed by atoms with van der Waals surface area (Å²) < 4.78 is 0. The van der Waals surface area contributed by atoms with Crippen molar-refractivity contribution < 1.29 is 5.11 Å². The van der Waals surface area contributed by atoms with Crippen LogP contribution in [0, 0.1) is 17.2 Å². The van der Waals surface area contributed by atoms with Crippen molar-refractivity contribution in [3.63, 3.8) is 0 Å². The van der Waals surface area contributed by atoms with Crippen LogP contribution in [-0.2, 0) is 5.60 Å². The Morgan fingerprint density at radius 3 is 2.67 bits per heavy atom. The summed E-state index contributed by atoms with van der Waals surface area (Å²) in [6, 6.07) is 11.8. The van der Waals surface area contributed by atoms with Gasteiger partial charge in [0.1, 0.15) is 5.60 Å². The average Bonchev–Trinajstić information content (AvgIpc) is 2.31. The lowest BCUT2D eigenvalue weighted by atomic mass is 9.72. The largest absolute Gasteiger partial charge is 0.384 e. The highest BCUT2D eigenvalue weighted by molar-refractivity contribution is 5.25. The number of benzene rings is 1. The fraction of sp³-hybridized carbons (Fsp3) is 0.462. The standard InChI is InChI=1S/C13H15NO/c14-10-12-8-4-5-9-13(12,15)11-6-2-1-3-7-11/h1-3,6-7,12,15H,4-5,8-9H2. The molecule has 1 aromatic rings. The molecule has 0 heterocycles. The van der Waals surface area contributed by atoms with Gasteiger partial charge in [0.2, 0.25) is 0 Å². The van der Waals surface area contributed by atoms with Crippen LogP contribution < -0.4 is 0 Å². The average molecular weight is 201 g/mol. The van der Waals surface area contributed by atoms with Crippen molar-refractivity contribution in [1.29, 1.82) is 5.26 Å². The summed E-state index contributed by atoms with van der Waals surface area (Å²) in [6.45, 7) is 0. The molecule has 15 heavy (non-hydrogen) atoms. The second-order valence-corrected chi connectivity index (χ2v) is 4.22. The van der Waals surface area contributed by atoms with Gasteiger partial charge in [-0.1, -0.05) is 43.2 Å². The quantitative estimate of drug-likeness (QED) is 0.759. The van der Waals surface area contributed by atoms with E-state index in [0.717, 1.165) is 24.8 Å². The predicted molar refractivity (Wildman–Crippen MR) is 57.9 cm³/mol. The molecule has 2 unspecified atom stereocenters. The zero-order valence-corrected chi connectivity index (χ0v) is 8.69. The third-order valence-electron chi connectivity index (χ3n) is 3.31. The first-order valence-electron chi connectivity index (χ1n) is 5.45. The van der Waals surface area contributed by atoms with Gasteiger partial charge < -0.3 is 5.11 Å². The second-order valence-electron chi connectivity index (χ2n) is 4.22. The number of nitrogens with zero attached hydrogens (tertiary/aromatic N) is 1. The number of aliphatic hydroxyl groups is 1. The van der Waals surface area contributed by atoms with Crippen molar-refractivity contribution in [2.24, 2.45) is 5.92 Å². The first-order valence-corrected chi connectivity index (χ1v) is 5.45. The van der Waals surface area contributed by atoms with E-state index in [2.05, 4.69) is 6.07 Å². The Balaban J connectivity index is 2.35. The molecule has 78 valence electrons. The number of nitriles is 1. The van der Waals surface area contributed by atoms with Gasteiger partial charge in [0, 0.05) is 0 Å². The summed E-state index contributed by atoms with van der Waals surface area (Å²) in [5, 5.41) is 19.7. The molecule has 1 N–H and O–H groups in total. The fourth-order valence-electron chi connectivity index (χ4n) is 2.40. The summed E-state index contributed by atoms with van der Waals surface area (Å²) >= 11 is 0. The van der Waals surface area contributed by atoms with Crippen LogP contribution >= 0.6 is 0 Å². The maximum absolute atomic E-state index is 10.6. The Morgan fingerprint density at radius 1 is 1.27 bits per heavy atom. The van der Waals surface area contributed by atoms with Crippen molar-refractivity contribution in [3.8, 4) is 6.07 Å². The molecule has 1 aliphatic rings. The van der Waals surface area contributed by atoms with E-state index in [1.165, 1.54) is 0 Å².